The van der Waals surface area contributed by atoms with Crippen molar-refractivity contribution in [1.29, 1.82) is 0 Å². The molecule has 6 nitrogen and oxygen atoms in total. The van der Waals surface area contributed by atoms with Gasteiger partial charge in [0, 0.05) is 24.6 Å². The average molecular weight is 264 g/mol. The Balaban J connectivity index is 2.67. The maximum absolute atomic E-state index is 11.4. The van der Waals surface area contributed by atoms with Gasteiger partial charge in [0.2, 0.25) is 0 Å². The maximum atomic E-state index is 11.4. The van der Waals surface area contributed by atoms with Crippen molar-refractivity contribution in [3.63, 3.8) is 0 Å². The summed E-state index contributed by atoms with van der Waals surface area (Å²) in [7, 11) is 1.42. The highest BCUT2D eigenvalue weighted by atomic mass is 16.5. The Morgan fingerprint density at radius 1 is 1.37 bits per heavy atom. The zero-order valence-corrected chi connectivity index (χ0v) is 10.2. The summed E-state index contributed by atoms with van der Waals surface area (Å²) in [4.78, 5) is 22.1. The van der Waals surface area contributed by atoms with E-state index >= 15 is 0 Å². The third-order valence-corrected chi connectivity index (χ3v) is 2.70. The van der Waals surface area contributed by atoms with Gasteiger partial charge in [-0.15, -0.1) is 0 Å². The molecule has 1 heterocycles. The fraction of sp³-hybridized carbons (Fsp3) is 0.231. The number of rotatable bonds is 4. The Morgan fingerprint density at radius 3 is 2.74 bits per heavy atom. The third-order valence-electron chi connectivity index (χ3n) is 2.70. The number of fused-ring (bicyclic) bond motifs is 1. The fourth-order valence-corrected chi connectivity index (χ4v) is 1.93. The van der Waals surface area contributed by atoms with Crippen molar-refractivity contribution < 1.29 is 24.2 Å². The summed E-state index contributed by atoms with van der Waals surface area (Å²) in [5.41, 5.74) is 0.0933. The van der Waals surface area contributed by atoms with Gasteiger partial charge in [0.15, 0.2) is 0 Å². The van der Waals surface area contributed by atoms with Gasteiger partial charge in [-0.1, -0.05) is 0 Å². The zero-order chi connectivity index (χ0) is 14.0. The normalized spacial score (nSPS) is 10.6. The summed E-state index contributed by atoms with van der Waals surface area (Å²) in [6, 6.07) is 3.92. The van der Waals surface area contributed by atoms with Crippen molar-refractivity contribution >= 4 is 16.9 Å². The van der Waals surface area contributed by atoms with Crippen LogP contribution in [0.25, 0.3) is 11.0 Å². The first-order valence-electron chi connectivity index (χ1n) is 5.57. The molecule has 2 N–H and O–H groups in total. The highest BCUT2D eigenvalue weighted by molar-refractivity contribution is 5.88. The molecule has 0 bridgehead atoms. The molecule has 100 valence electrons. The second kappa shape index (κ2) is 5.01. The number of phenolic OH excluding ortho intramolecular Hbond substituents is 1. The summed E-state index contributed by atoms with van der Waals surface area (Å²) >= 11 is 0. The molecule has 1 aromatic heterocycles. The summed E-state index contributed by atoms with van der Waals surface area (Å²) in [5.74, 6) is -0.721. The molecule has 0 atom stereocenters. The van der Waals surface area contributed by atoms with Crippen LogP contribution >= 0.6 is 0 Å². The van der Waals surface area contributed by atoms with Crippen LogP contribution in [-0.4, -0.2) is 23.3 Å². The van der Waals surface area contributed by atoms with Crippen LogP contribution < -0.4 is 10.4 Å². The molecule has 1 aromatic carbocycles. The van der Waals surface area contributed by atoms with Crippen molar-refractivity contribution in [2.24, 2.45) is 0 Å². The topological polar surface area (TPSA) is 97.0 Å². The van der Waals surface area contributed by atoms with Crippen molar-refractivity contribution in [2.45, 2.75) is 12.8 Å². The van der Waals surface area contributed by atoms with Crippen LogP contribution in [0.1, 0.15) is 12.0 Å². The van der Waals surface area contributed by atoms with E-state index in [0.717, 1.165) is 0 Å². The van der Waals surface area contributed by atoms with E-state index in [1.165, 1.54) is 25.3 Å². The first-order valence-corrected chi connectivity index (χ1v) is 5.57. The molecule has 2 rings (SSSR count). The van der Waals surface area contributed by atoms with Gasteiger partial charge >= 0.3 is 11.6 Å². The number of aryl methyl sites for hydroxylation is 1. The van der Waals surface area contributed by atoms with Crippen LogP contribution in [0.15, 0.2) is 27.4 Å². The number of methoxy groups -OCH3 is 1. The maximum Gasteiger partial charge on any atom is 0.336 e. The Bertz CT molecular complexity index is 685. The van der Waals surface area contributed by atoms with Crippen molar-refractivity contribution in [2.75, 3.05) is 7.11 Å². The summed E-state index contributed by atoms with van der Waals surface area (Å²) in [6.07, 6.45) is 0.0706. The predicted octanol–water partition coefficient (Wildman–Crippen LogP) is 1.52. The minimum atomic E-state index is -0.959. The summed E-state index contributed by atoms with van der Waals surface area (Å²) < 4.78 is 10.1. The van der Waals surface area contributed by atoms with E-state index in [4.69, 9.17) is 14.3 Å². The van der Waals surface area contributed by atoms with Crippen LogP contribution in [-0.2, 0) is 11.2 Å². The monoisotopic (exact) mass is 264 g/mol. The van der Waals surface area contributed by atoms with Crippen molar-refractivity contribution in [1.82, 2.24) is 0 Å². The minimum absolute atomic E-state index is 0.0946. The molecule has 0 saturated carbocycles. The molecule has 0 amide bonds. The van der Waals surface area contributed by atoms with Gasteiger partial charge in [0.1, 0.15) is 17.1 Å². The van der Waals surface area contributed by atoms with E-state index < -0.39 is 11.6 Å². The number of hydrogen-bond acceptors (Lipinski definition) is 5. The zero-order valence-electron chi connectivity index (χ0n) is 10.2. The van der Waals surface area contributed by atoms with Crippen LogP contribution in [0.2, 0.25) is 0 Å². The van der Waals surface area contributed by atoms with Gasteiger partial charge in [0.25, 0.3) is 0 Å². The number of aliphatic carboxylic acids is 1. The molecule has 0 saturated heterocycles. The van der Waals surface area contributed by atoms with Gasteiger partial charge in [-0.3, -0.25) is 4.79 Å². The fourth-order valence-electron chi connectivity index (χ4n) is 1.93. The number of carbonyl (C=O) groups is 1. The van der Waals surface area contributed by atoms with Crippen LogP contribution in [0.3, 0.4) is 0 Å². The molecule has 2 aromatic rings. The van der Waals surface area contributed by atoms with E-state index in [1.807, 2.05) is 0 Å². The van der Waals surface area contributed by atoms with Gasteiger partial charge < -0.3 is 19.4 Å². The van der Waals surface area contributed by atoms with Gasteiger partial charge in [-0.25, -0.2) is 4.79 Å². The Morgan fingerprint density at radius 2 is 2.11 bits per heavy atom. The lowest BCUT2D eigenvalue weighted by molar-refractivity contribution is -0.136. The Kier molecular flexibility index (Phi) is 3.41. The molecule has 0 aliphatic carbocycles. The lowest BCUT2D eigenvalue weighted by atomic mass is 10.0. The van der Waals surface area contributed by atoms with Gasteiger partial charge in [-0.05, 0) is 12.0 Å². The predicted molar refractivity (Wildman–Crippen MR) is 66.7 cm³/mol. The van der Waals surface area contributed by atoms with E-state index in [9.17, 15) is 14.7 Å². The molecule has 6 heteroatoms. The molecule has 0 radical (unpaired) electrons. The molecule has 19 heavy (non-hydrogen) atoms. The smallest absolute Gasteiger partial charge is 0.336 e. The molecule has 0 aliphatic heterocycles. The first-order chi connectivity index (χ1) is 9.01. The number of hydrogen-bond donors (Lipinski definition) is 2. The molecular formula is C13H12O6. The lowest BCUT2D eigenvalue weighted by Gasteiger charge is -2.09. The van der Waals surface area contributed by atoms with E-state index in [0.29, 0.717) is 16.7 Å². The second-order valence-corrected chi connectivity index (χ2v) is 4.01. The molecule has 0 fully saturated rings. The molecular weight excluding hydrogens is 252 g/mol. The Hall–Kier alpha value is -2.50. The van der Waals surface area contributed by atoms with Gasteiger partial charge in [0.05, 0.1) is 12.5 Å². The number of aromatic hydroxyl groups is 1. The molecule has 0 unspecified atom stereocenters. The van der Waals surface area contributed by atoms with E-state index in [2.05, 4.69) is 0 Å². The lowest BCUT2D eigenvalue weighted by Crippen LogP contribution is -2.04. The van der Waals surface area contributed by atoms with Crippen LogP contribution in [0, 0.1) is 0 Å². The van der Waals surface area contributed by atoms with Crippen LogP contribution in [0.4, 0.5) is 0 Å². The SMILES string of the molecule is COc1cc(O)cc2oc(=O)cc(CCC(=O)O)c12. The highest BCUT2D eigenvalue weighted by Gasteiger charge is 2.13. The molecule has 0 aliphatic rings. The highest BCUT2D eigenvalue weighted by Crippen LogP contribution is 2.32. The van der Waals surface area contributed by atoms with E-state index in [1.54, 1.807) is 0 Å². The number of ether oxygens (including phenoxy) is 1. The average Bonchev–Trinajstić information content (AvgIpc) is 2.33. The number of carboxylic acids is 1. The minimum Gasteiger partial charge on any atom is -0.508 e. The number of phenols is 1. The standard InChI is InChI=1S/C13H12O6/c1-18-9-5-8(14)6-10-13(9)7(2-3-11(15)16)4-12(17)19-10/h4-6,14H,2-3H2,1H3,(H,15,16). The Labute approximate surface area is 107 Å². The van der Waals surface area contributed by atoms with E-state index in [-0.39, 0.29) is 24.2 Å². The summed E-state index contributed by atoms with van der Waals surface area (Å²) in [6.45, 7) is 0. The molecule has 0 spiro atoms. The summed E-state index contributed by atoms with van der Waals surface area (Å²) in [5, 5.41) is 18.7. The number of benzene rings is 1. The van der Waals surface area contributed by atoms with Crippen LogP contribution in [0.5, 0.6) is 11.5 Å². The second-order valence-electron chi connectivity index (χ2n) is 4.01. The number of carboxylic acid groups (broad SMARTS) is 1. The third kappa shape index (κ3) is 2.67. The largest absolute Gasteiger partial charge is 0.508 e. The van der Waals surface area contributed by atoms with Crippen molar-refractivity contribution in [3.8, 4) is 11.5 Å². The van der Waals surface area contributed by atoms with Crippen molar-refractivity contribution in [3.05, 3.63) is 34.2 Å². The first kappa shape index (κ1) is 12.9. The van der Waals surface area contributed by atoms with Gasteiger partial charge in [-0.2, -0.15) is 0 Å². The quantitative estimate of drug-likeness (QED) is 0.813.